The normalized spacial score (nSPS) is 15.2. The maximum absolute atomic E-state index is 11.8. The average molecular weight is 320 g/mol. The number of nitrogens with zero attached hydrogens (tertiary/aromatic N) is 1. The van der Waals surface area contributed by atoms with E-state index >= 15 is 0 Å². The first kappa shape index (κ1) is 17.6. The van der Waals surface area contributed by atoms with E-state index in [-0.39, 0.29) is 5.91 Å². The van der Waals surface area contributed by atoms with Crippen molar-refractivity contribution in [2.75, 3.05) is 39.9 Å². The Morgan fingerprint density at radius 1 is 1.17 bits per heavy atom. The Balaban J connectivity index is 1.54. The molecule has 1 heterocycles. The van der Waals surface area contributed by atoms with Crippen molar-refractivity contribution in [3.63, 3.8) is 0 Å². The number of hydrogen-bond acceptors (Lipinski definition) is 4. The summed E-state index contributed by atoms with van der Waals surface area (Å²) in [5.74, 6) is 1.40. The highest BCUT2D eigenvalue weighted by molar-refractivity contribution is 5.75. The number of amides is 1. The van der Waals surface area contributed by atoms with E-state index in [1.807, 2.05) is 24.3 Å². The monoisotopic (exact) mass is 320 g/mol. The molecule has 2 rings (SSSR count). The lowest BCUT2D eigenvalue weighted by Gasteiger charge is -2.26. The predicted molar refractivity (Wildman–Crippen MR) is 91.0 cm³/mol. The summed E-state index contributed by atoms with van der Waals surface area (Å²) in [6.45, 7) is 4.60. The molecule has 0 atom stereocenters. The minimum atomic E-state index is 0.0403. The van der Waals surface area contributed by atoms with Crippen LogP contribution >= 0.6 is 0 Å². The third-order valence-electron chi connectivity index (χ3n) is 4.08. The van der Waals surface area contributed by atoms with Gasteiger partial charge in [0.1, 0.15) is 0 Å². The van der Waals surface area contributed by atoms with E-state index in [4.69, 9.17) is 9.47 Å². The van der Waals surface area contributed by atoms with E-state index in [0.29, 0.717) is 24.5 Å². The van der Waals surface area contributed by atoms with Crippen molar-refractivity contribution in [3.05, 3.63) is 24.3 Å². The van der Waals surface area contributed by atoms with Gasteiger partial charge in [0.05, 0.1) is 20.1 Å². The summed E-state index contributed by atoms with van der Waals surface area (Å²) < 4.78 is 10.8. The van der Waals surface area contributed by atoms with Crippen LogP contribution in [0.15, 0.2) is 24.3 Å². The topological polar surface area (TPSA) is 50.8 Å². The molecule has 1 amide bonds. The number of likely N-dealkylation sites (tertiary alicyclic amines) is 1. The predicted octanol–water partition coefficient (Wildman–Crippen LogP) is 2.46. The molecule has 23 heavy (non-hydrogen) atoms. The fourth-order valence-corrected chi connectivity index (χ4v) is 2.79. The molecule has 5 nitrogen and oxygen atoms in total. The minimum Gasteiger partial charge on any atom is -0.493 e. The van der Waals surface area contributed by atoms with Crippen LogP contribution in [0, 0.1) is 0 Å². The summed E-state index contributed by atoms with van der Waals surface area (Å²) in [6, 6.07) is 7.46. The zero-order chi connectivity index (χ0) is 16.3. The smallest absolute Gasteiger partial charge is 0.223 e. The quantitative estimate of drug-likeness (QED) is 0.710. The molecule has 5 heteroatoms. The number of nitrogens with one attached hydrogen (secondary N) is 1. The molecule has 0 aliphatic carbocycles. The van der Waals surface area contributed by atoms with Gasteiger partial charge < -0.3 is 19.7 Å². The van der Waals surface area contributed by atoms with Crippen molar-refractivity contribution in [2.24, 2.45) is 0 Å². The van der Waals surface area contributed by atoms with Crippen LogP contribution in [0.3, 0.4) is 0 Å². The van der Waals surface area contributed by atoms with E-state index in [1.54, 1.807) is 7.11 Å². The van der Waals surface area contributed by atoms with Gasteiger partial charge in [-0.25, -0.2) is 0 Å². The van der Waals surface area contributed by atoms with Gasteiger partial charge in [-0.15, -0.1) is 0 Å². The summed E-state index contributed by atoms with van der Waals surface area (Å²) in [5, 5.41) is 2.96. The van der Waals surface area contributed by atoms with Gasteiger partial charge in [-0.2, -0.15) is 0 Å². The van der Waals surface area contributed by atoms with E-state index < -0.39 is 0 Å². The number of rotatable bonds is 9. The van der Waals surface area contributed by atoms with Crippen molar-refractivity contribution < 1.29 is 14.3 Å². The molecule has 1 N–H and O–H groups in total. The molecule has 0 unspecified atom stereocenters. The van der Waals surface area contributed by atoms with Crippen LogP contribution in [0.2, 0.25) is 0 Å². The molecule has 1 saturated heterocycles. The molecule has 1 aromatic rings. The summed E-state index contributed by atoms with van der Waals surface area (Å²) in [5.41, 5.74) is 0. The Bertz CT molecular complexity index is 473. The molecule has 0 bridgehead atoms. The standard InChI is InChI=1S/C18H28N2O3/c1-22-16-8-3-4-9-17(16)23-15-10-18(21)19-11-7-14-20-12-5-2-6-13-20/h3-4,8-9H,2,5-7,10-15H2,1H3,(H,19,21). The van der Waals surface area contributed by atoms with Gasteiger partial charge in [0, 0.05) is 6.54 Å². The van der Waals surface area contributed by atoms with Crippen LogP contribution in [0.1, 0.15) is 32.1 Å². The molecule has 1 fully saturated rings. The Hall–Kier alpha value is -1.75. The minimum absolute atomic E-state index is 0.0403. The van der Waals surface area contributed by atoms with Crippen molar-refractivity contribution in [1.82, 2.24) is 10.2 Å². The van der Waals surface area contributed by atoms with Gasteiger partial charge in [0.15, 0.2) is 11.5 Å². The Kier molecular flexibility index (Phi) is 7.73. The number of ether oxygens (including phenoxy) is 2. The van der Waals surface area contributed by atoms with E-state index in [1.165, 1.54) is 32.4 Å². The summed E-state index contributed by atoms with van der Waals surface area (Å²) >= 11 is 0. The number of carbonyl (C=O) groups excluding carboxylic acids is 1. The van der Waals surface area contributed by atoms with Gasteiger partial charge in [0.25, 0.3) is 0 Å². The van der Waals surface area contributed by atoms with Crippen LogP contribution < -0.4 is 14.8 Å². The summed E-state index contributed by atoms with van der Waals surface area (Å²) in [7, 11) is 1.61. The average Bonchev–Trinajstić information content (AvgIpc) is 2.60. The van der Waals surface area contributed by atoms with Crippen LogP contribution in [-0.2, 0) is 4.79 Å². The summed E-state index contributed by atoms with van der Waals surface area (Å²) in [4.78, 5) is 14.3. The van der Waals surface area contributed by atoms with Crippen molar-refractivity contribution >= 4 is 5.91 Å². The third kappa shape index (κ3) is 6.48. The largest absolute Gasteiger partial charge is 0.493 e. The van der Waals surface area contributed by atoms with Crippen molar-refractivity contribution in [1.29, 1.82) is 0 Å². The molecular weight excluding hydrogens is 292 g/mol. The van der Waals surface area contributed by atoms with Gasteiger partial charge in [-0.3, -0.25) is 4.79 Å². The molecule has 128 valence electrons. The van der Waals surface area contributed by atoms with Gasteiger partial charge in [-0.1, -0.05) is 18.6 Å². The second-order valence-electron chi connectivity index (χ2n) is 5.86. The van der Waals surface area contributed by atoms with Crippen molar-refractivity contribution in [2.45, 2.75) is 32.1 Å². The molecule has 1 aliphatic rings. The van der Waals surface area contributed by atoms with E-state index in [9.17, 15) is 4.79 Å². The number of para-hydroxylation sites is 2. The number of methoxy groups -OCH3 is 1. The zero-order valence-corrected chi connectivity index (χ0v) is 14.1. The highest BCUT2D eigenvalue weighted by atomic mass is 16.5. The van der Waals surface area contributed by atoms with Gasteiger partial charge in [-0.05, 0) is 51.0 Å². The number of piperidine rings is 1. The Labute approximate surface area is 139 Å². The maximum atomic E-state index is 11.8. The highest BCUT2D eigenvalue weighted by Crippen LogP contribution is 2.25. The van der Waals surface area contributed by atoms with Crippen molar-refractivity contribution in [3.8, 4) is 11.5 Å². The fourth-order valence-electron chi connectivity index (χ4n) is 2.79. The lowest BCUT2D eigenvalue weighted by atomic mass is 10.1. The Morgan fingerprint density at radius 3 is 2.65 bits per heavy atom. The SMILES string of the molecule is COc1ccccc1OCCC(=O)NCCCN1CCCCC1. The number of benzene rings is 1. The molecule has 0 aromatic heterocycles. The highest BCUT2D eigenvalue weighted by Gasteiger charge is 2.09. The molecule has 0 spiro atoms. The van der Waals surface area contributed by atoms with E-state index in [2.05, 4.69) is 10.2 Å². The lowest BCUT2D eigenvalue weighted by Crippen LogP contribution is -2.33. The first-order chi connectivity index (χ1) is 11.3. The maximum Gasteiger partial charge on any atom is 0.223 e. The number of carbonyl (C=O) groups is 1. The number of hydrogen-bond donors (Lipinski definition) is 1. The second kappa shape index (κ2) is 10.1. The van der Waals surface area contributed by atoms with Crippen LogP contribution in [0.25, 0.3) is 0 Å². The van der Waals surface area contributed by atoms with Crippen LogP contribution in [0.5, 0.6) is 11.5 Å². The first-order valence-electron chi connectivity index (χ1n) is 8.54. The van der Waals surface area contributed by atoms with E-state index in [0.717, 1.165) is 19.5 Å². The second-order valence-corrected chi connectivity index (χ2v) is 5.86. The molecule has 1 aliphatic heterocycles. The fraction of sp³-hybridized carbons (Fsp3) is 0.611. The molecular formula is C18H28N2O3. The third-order valence-corrected chi connectivity index (χ3v) is 4.08. The van der Waals surface area contributed by atoms with Gasteiger partial charge in [0.2, 0.25) is 5.91 Å². The first-order valence-corrected chi connectivity index (χ1v) is 8.54. The van der Waals surface area contributed by atoms with Crippen LogP contribution in [0.4, 0.5) is 0 Å². The van der Waals surface area contributed by atoms with Gasteiger partial charge >= 0.3 is 0 Å². The molecule has 0 radical (unpaired) electrons. The molecule has 1 aromatic carbocycles. The lowest BCUT2D eigenvalue weighted by molar-refractivity contribution is -0.121. The molecule has 0 saturated carbocycles. The van der Waals surface area contributed by atoms with Crippen LogP contribution in [-0.4, -0.2) is 50.7 Å². The Morgan fingerprint density at radius 2 is 1.91 bits per heavy atom. The summed E-state index contributed by atoms with van der Waals surface area (Å²) in [6.07, 6.45) is 5.36. The zero-order valence-electron chi connectivity index (χ0n) is 14.1.